The van der Waals surface area contributed by atoms with E-state index in [2.05, 4.69) is 9.51 Å². The number of aromatic nitrogens is 1. The summed E-state index contributed by atoms with van der Waals surface area (Å²) < 4.78 is 14.6. The first-order valence-electron chi connectivity index (χ1n) is 4.17. The van der Waals surface area contributed by atoms with E-state index in [1.165, 1.54) is 0 Å². The van der Waals surface area contributed by atoms with Gasteiger partial charge in [0.25, 0.3) is 0 Å². The predicted octanol–water partition coefficient (Wildman–Crippen LogP) is 1.12. The lowest BCUT2D eigenvalue weighted by molar-refractivity contribution is 0.195. The fraction of sp³-hybridized carbons (Fsp3) is 0.375. The highest BCUT2D eigenvalue weighted by Gasteiger charge is 2.12. The Kier molecular flexibility index (Phi) is 4.22. The van der Waals surface area contributed by atoms with E-state index in [9.17, 15) is 4.57 Å². The Morgan fingerprint density at radius 2 is 2.00 bits per heavy atom. The van der Waals surface area contributed by atoms with Crippen molar-refractivity contribution in [2.45, 2.75) is 12.8 Å². The first kappa shape index (κ1) is 11.3. The lowest BCUT2D eigenvalue weighted by Gasteiger charge is -2.04. The van der Waals surface area contributed by atoms with Crippen LogP contribution in [-0.2, 0) is 15.5 Å². The van der Waals surface area contributed by atoms with Crippen LogP contribution >= 0.6 is 7.82 Å². The van der Waals surface area contributed by atoms with Gasteiger partial charge in [0.2, 0.25) is 0 Å². The maximum atomic E-state index is 10.3. The highest BCUT2D eigenvalue weighted by molar-refractivity contribution is 7.46. The van der Waals surface area contributed by atoms with Gasteiger partial charge in [-0.1, -0.05) is 0 Å². The van der Waals surface area contributed by atoms with Crippen LogP contribution in [0.25, 0.3) is 0 Å². The first-order chi connectivity index (χ1) is 6.58. The third-order valence-electron chi connectivity index (χ3n) is 1.62. The monoisotopic (exact) mass is 217 g/mol. The molecule has 0 aliphatic rings. The van der Waals surface area contributed by atoms with Crippen LogP contribution in [0.15, 0.2) is 24.5 Å². The maximum absolute atomic E-state index is 10.3. The van der Waals surface area contributed by atoms with E-state index in [0.29, 0.717) is 6.42 Å². The second kappa shape index (κ2) is 5.22. The lowest BCUT2D eigenvalue weighted by Crippen LogP contribution is -1.95. The minimum atomic E-state index is -4.30. The fourth-order valence-corrected chi connectivity index (χ4v) is 1.38. The molecule has 0 saturated carbocycles. The van der Waals surface area contributed by atoms with Gasteiger partial charge >= 0.3 is 7.82 Å². The molecule has 1 rings (SSSR count). The van der Waals surface area contributed by atoms with Gasteiger partial charge in [-0.25, -0.2) is 4.57 Å². The molecule has 0 aliphatic heterocycles. The molecule has 2 N–H and O–H groups in total. The molecule has 1 aromatic rings. The largest absolute Gasteiger partial charge is 0.469 e. The van der Waals surface area contributed by atoms with Gasteiger partial charge < -0.3 is 9.79 Å². The van der Waals surface area contributed by atoms with E-state index < -0.39 is 7.82 Å². The van der Waals surface area contributed by atoms with Crippen molar-refractivity contribution in [1.82, 2.24) is 4.98 Å². The summed E-state index contributed by atoms with van der Waals surface area (Å²) in [6, 6.07) is 3.72. The molecule has 14 heavy (non-hydrogen) atoms. The van der Waals surface area contributed by atoms with Gasteiger partial charge in [0, 0.05) is 12.4 Å². The predicted molar refractivity (Wildman–Crippen MR) is 50.6 cm³/mol. The Morgan fingerprint density at radius 3 is 2.57 bits per heavy atom. The molecule has 0 radical (unpaired) electrons. The van der Waals surface area contributed by atoms with Crippen LogP contribution < -0.4 is 0 Å². The zero-order chi connectivity index (χ0) is 10.4. The smallest absolute Gasteiger partial charge is 0.303 e. The molecule has 0 aromatic carbocycles. The lowest BCUT2D eigenvalue weighted by atomic mass is 10.1. The van der Waals surface area contributed by atoms with Gasteiger partial charge in [0.05, 0.1) is 6.61 Å². The van der Waals surface area contributed by atoms with Crippen LogP contribution in [0.4, 0.5) is 0 Å². The number of pyridine rings is 1. The standard InChI is InChI=1S/C8H12NO4P/c10-14(11,12)13-7-1-2-8-3-5-9-6-4-8/h3-6H,1-2,7H2,(H2,10,11,12). The maximum Gasteiger partial charge on any atom is 0.469 e. The Labute approximate surface area is 82.0 Å². The Hall–Kier alpha value is -0.740. The summed E-state index contributed by atoms with van der Waals surface area (Å²) in [5.41, 5.74) is 1.08. The molecule has 1 heterocycles. The summed E-state index contributed by atoms with van der Waals surface area (Å²) in [7, 11) is -4.30. The molecule has 0 unspecified atom stereocenters. The molecule has 0 atom stereocenters. The van der Waals surface area contributed by atoms with Crippen molar-refractivity contribution in [1.29, 1.82) is 0 Å². The molecular weight excluding hydrogens is 205 g/mol. The van der Waals surface area contributed by atoms with E-state index in [0.717, 1.165) is 12.0 Å². The van der Waals surface area contributed by atoms with Crippen molar-refractivity contribution in [2.24, 2.45) is 0 Å². The van der Waals surface area contributed by atoms with Gasteiger partial charge in [0.15, 0.2) is 0 Å². The summed E-state index contributed by atoms with van der Waals surface area (Å²) in [6.07, 6.45) is 4.66. The number of aryl methyl sites for hydroxylation is 1. The number of hydrogen-bond donors (Lipinski definition) is 2. The van der Waals surface area contributed by atoms with E-state index in [1.54, 1.807) is 12.4 Å². The van der Waals surface area contributed by atoms with Crippen molar-refractivity contribution >= 4 is 7.82 Å². The topological polar surface area (TPSA) is 79.7 Å². The zero-order valence-corrected chi connectivity index (χ0v) is 8.43. The average molecular weight is 217 g/mol. The van der Waals surface area contributed by atoms with E-state index in [-0.39, 0.29) is 6.61 Å². The van der Waals surface area contributed by atoms with Gasteiger partial charge in [-0.2, -0.15) is 0 Å². The van der Waals surface area contributed by atoms with Gasteiger partial charge in [-0.15, -0.1) is 0 Å². The second-order valence-electron chi connectivity index (χ2n) is 2.78. The summed E-state index contributed by atoms with van der Waals surface area (Å²) in [5.74, 6) is 0. The molecule has 0 saturated heterocycles. The summed E-state index contributed by atoms with van der Waals surface area (Å²) in [5, 5.41) is 0. The van der Waals surface area contributed by atoms with Crippen molar-refractivity contribution < 1.29 is 18.9 Å². The Bertz CT molecular complexity index is 310. The number of phosphoric ester groups is 1. The number of rotatable bonds is 5. The molecule has 0 fully saturated rings. The van der Waals surface area contributed by atoms with Gasteiger partial charge in [-0.05, 0) is 30.5 Å². The number of phosphoric acid groups is 1. The van der Waals surface area contributed by atoms with Gasteiger partial charge in [-0.3, -0.25) is 9.51 Å². The first-order valence-corrected chi connectivity index (χ1v) is 5.70. The van der Waals surface area contributed by atoms with Crippen LogP contribution in [0.1, 0.15) is 12.0 Å². The van der Waals surface area contributed by atoms with Crippen LogP contribution in [0.2, 0.25) is 0 Å². The molecule has 78 valence electrons. The van der Waals surface area contributed by atoms with Gasteiger partial charge in [0.1, 0.15) is 0 Å². The zero-order valence-electron chi connectivity index (χ0n) is 7.54. The molecule has 0 amide bonds. The highest BCUT2D eigenvalue weighted by atomic mass is 31.2. The van der Waals surface area contributed by atoms with Crippen LogP contribution in [0, 0.1) is 0 Å². The minimum Gasteiger partial charge on any atom is -0.303 e. The van der Waals surface area contributed by atoms with Crippen molar-refractivity contribution in [3.63, 3.8) is 0 Å². The van der Waals surface area contributed by atoms with Crippen molar-refractivity contribution in [3.8, 4) is 0 Å². The third-order valence-corrected chi connectivity index (χ3v) is 2.14. The van der Waals surface area contributed by atoms with Crippen molar-refractivity contribution in [3.05, 3.63) is 30.1 Å². The van der Waals surface area contributed by atoms with Crippen LogP contribution in [-0.4, -0.2) is 21.4 Å². The normalized spacial score (nSPS) is 11.6. The van der Waals surface area contributed by atoms with Crippen molar-refractivity contribution in [2.75, 3.05) is 6.61 Å². The van der Waals surface area contributed by atoms with Crippen LogP contribution in [0.5, 0.6) is 0 Å². The fourth-order valence-electron chi connectivity index (χ4n) is 1.01. The number of nitrogens with zero attached hydrogens (tertiary/aromatic N) is 1. The molecular formula is C8H12NO4P. The summed E-state index contributed by atoms with van der Waals surface area (Å²) in [4.78, 5) is 20.6. The molecule has 1 aromatic heterocycles. The number of hydrogen-bond acceptors (Lipinski definition) is 3. The van der Waals surface area contributed by atoms with E-state index >= 15 is 0 Å². The second-order valence-corrected chi connectivity index (χ2v) is 4.02. The molecule has 6 heteroatoms. The Balaban J connectivity index is 2.20. The SMILES string of the molecule is O=P(O)(O)OCCCc1ccncc1. The molecule has 0 bridgehead atoms. The molecule has 0 spiro atoms. The third kappa shape index (κ3) is 5.09. The molecule has 0 aliphatic carbocycles. The average Bonchev–Trinajstić information content (AvgIpc) is 2.13. The van der Waals surface area contributed by atoms with E-state index in [4.69, 9.17) is 9.79 Å². The summed E-state index contributed by atoms with van der Waals surface area (Å²) in [6.45, 7) is 0.0621. The minimum absolute atomic E-state index is 0.0621. The van der Waals surface area contributed by atoms with Crippen LogP contribution in [0.3, 0.4) is 0 Å². The molecule has 5 nitrogen and oxygen atoms in total. The summed E-state index contributed by atoms with van der Waals surface area (Å²) >= 11 is 0. The van der Waals surface area contributed by atoms with E-state index in [1.807, 2.05) is 12.1 Å². The quantitative estimate of drug-likeness (QED) is 0.570. The Morgan fingerprint density at radius 1 is 1.36 bits per heavy atom. The highest BCUT2D eigenvalue weighted by Crippen LogP contribution is 2.35.